The zero-order chi connectivity index (χ0) is 32.3. The summed E-state index contributed by atoms with van der Waals surface area (Å²) in [5, 5.41) is 8.95. The fraction of sp³-hybridized carbons (Fsp3) is 0. The lowest BCUT2D eigenvalue weighted by Gasteiger charge is -2.11. The van der Waals surface area contributed by atoms with Crippen LogP contribution >= 0.6 is 0 Å². The minimum atomic E-state index is 0.596. The van der Waals surface area contributed by atoms with Crippen molar-refractivity contribution in [3.63, 3.8) is 0 Å². The average Bonchev–Trinajstić information content (AvgIpc) is 3.55. The van der Waals surface area contributed by atoms with Gasteiger partial charge in [0, 0.05) is 32.8 Å². The highest BCUT2D eigenvalue weighted by atomic mass is 16.3. The van der Waals surface area contributed by atoms with Gasteiger partial charge in [-0.3, -0.25) is 0 Å². The maximum atomic E-state index is 6.68. The van der Waals surface area contributed by atoms with Crippen LogP contribution in [0.15, 0.2) is 168 Å². The molecule has 2 heterocycles. The molecule has 10 rings (SSSR count). The third kappa shape index (κ3) is 4.57. The molecule has 0 aliphatic rings. The lowest BCUT2D eigenvalue weighted by molar-refractivity contribution is 0.673. The molecule has 0 N–H and O–H groups in total. The number of fused-ring (bicyclic) bond motifs is 7. The van der Waals surface area contributed by atoms with E-state index in [1.807, 2.05) is 0 Å². The number of hydrogen-bond donors (Lipinski definition) is 0. The van der Waals surface area contributed by atoms with Crippen molar-refractivity contribution in [3.8, 4) is 45.3 Å². The summed E-state index contributed by atoms with van der Waals surface area (Å²) in [5.74, 6) is 1.85. The van der Waals surface area contributed by atoms with Gasteiger partial charge in [0.25, 0.3) is 0 Å². The zero-order valence-electron chi connectivity index (χ0n) is 26.3. The predicted molar refractivity (Wildman–Crippen MR) is 201 cm³/mol. The van der Waals surface area contributed by atoms with Crippen molar-refractivity contribution in [1.82, 2.24) is 15.0 Å². The molecular weight excluding hydrogens is 599 g/mol. The van der Waals surface area contributed by atoms with Gasteiger partial charge in [0.15, 0.2) is 17.5 Å². The molecule has 0 aliphatic carbocycles. The predicted octanol–water partition coefficient (Wildman–Crippen LogP) is 11.9. The monoisotopic (exact) mass is 625 g/mol. The molecule has 49 heavy (non-hydrogen) atoms. The zero-order valence-corrected chi connectivity index (χ0v) is 26.3. The second-order valence-electron chi connectivity index (χ2n) is 12.4. The Morgan fingerprint density at radius 2 is 0.959 bits per heavy atom. The van der Waals surface area contributed by atoms with E-state index in [0.29, 0.717) is 17.5 Å². The first-order valence-electron chi connectivity index (χ1n) is 16.4. The largest absolute Gasteiger partial charge is 0.455 e. The second kappa shape index (κ2) is 11.0. The smallest absolute Gasteiger partial charge is 0.164 e. The Kier molecular flexibility index (Phi) is 6.15. The second-order valence-corrected chi connectivity index (χ2v) is 12.4. The minimum absolute atomic E-state index is 0.596. The van der Waals surface area contributed by atoms with Gasteiger partial charge in [-0.15, -0.1) is 0 Å². The molecule has 0 saturated carbocycles. The van der Waals surface area contributed by atoms with Crippen LogP contribution in [0.3, 0.4) is 0 Å². The Labute approximate surface area is 282 Å². The SMILES string of the molecule is c1ccc(-c2cc3c4ccc(-c5nc(-c6ccc7ccccc7c6)nc(-c6cccc7ccccc67)n5)cc4oc3c3ccccc23)cc1. The van der Waals surface area contributed by atoms with E-state index in [1.165, 1.54) is 16.5 Å². The van der Waals surface area contributed by atoms with Gasteiger partial charge in [0.05, 0.1) is 0 Å². The van der Waals surface area contributed by atoms with Crippen LogP contribution in [0.4, 0.5) is 0 Å². The topological polar surface area (TPSA) is 51.8 Å². The van der Waals surface area contributed by atoms with Gasteiger partial charge in [0.1, 0.15) is 11.2 Å². The number of rotatable bonds is 4. The summed E-state index contributed by atoms with van der Waals surface area (Å²) in [5.41, 5.74) is 6.81. The Balaban J connectivity index is 1.19. The lowest BCUT2D eigenvalue weighted by Crippen LogP contribution is -2.00. The molecule has 10 aromatic rings. The van der Waals surface area contributed by atoms with Crippen LogP contribution in [0.5, 0.6) is 0 Å². The van der Waals surface area contributed by atoms with E-state index >= 15 is 0 Å². The normalized spacial score (nSPS) is 11.7. The summed E-state index contributed by atoms with van der Waals surface area (Å²) in [6.45, 7) is 0. The molecule has 0 aliphatic heterocycles. The third-order valence-electron chi connectivity index (χ3n) is 9.50. The van der Waals surface area contributed by atoms with Gasteiger partial charge in [-0.2, -0.15) is 0 Å². The molecule has 0 fully saturated rings. The van der Waals surface area contributed by atoms with Crippen molar-refractivity contribution in [3.05, 3.63) is 164 Å². The Morgan fingerprint density at radius 3 is 1.80 bits per heavy atom. The fourth-order valence-corrected chi connectivity index (χ4v) is 7.10. The first-order chi connectivity index (χ1) is 24.3. The van der Waals surface area contributed by atoms with Crippen LogP contribution in [0.1, 0.15) is 0 Å². The van der Waals surface area contributed by atoms with E-state index in [-0.39, 0.29) is 0 Å². The number of furan rings is 1. The van der Waals surface area contributed by atoms with E-state index in [1.54, 1.807) is 0 Å². The number of benzene rings is 8. The molecule has 0 radical (unpaired) electrons. The average molecular weight is 626 g/mol. The van der Waals surface area contributed by atoms with Crippen molar-refractivity contribution >= 4 is 54.3 Å². The summed E-state index contributed by atoms with van der Waals surface area (Å²) in [6, 6.07) is 56.9. The summed E-state index contributed by atoms with van der Waals surface area (Å²) in [7, 11) is 0. The van der Waals surface area contributed by atoms with Crippen LogP contribution < -0.4 is 0 Å². The molecule has 2 aromatic heterocycles. The molecule has 0 amide bonds. The van der Waals surface area contributed by atoms with Crippen molar-refractivity contribution in [2.45, 2.75) is 0 Å². The molecule has 0 unspecified atom stereocenters. The molecule has 228 valence electrons. The molecule has 4 nitrogen and oxygen atoms in total. The fourth-order valence-electron chi connectivity index (χ4n) is 7.10. The van der Waals surface area contributed by atoms with E-state index in [2.05, 4.69) is 164 Å². The summed E-state index contributed by atoms with van der Waals surface area (Å²) in [4.78, 5) is 15.3. The number of hydrogen-bond acceptors (Lipinski definition) is 4. The lowest BCUT2D eigenvalue weighted by atomic mass is 9.95. The minimum Gasteiger partial charge on any atom is -0.455 e. The van der Waals surface area contributed by atoms with Gasteiger partial charge in [-0.1, -0.05) is 140 Å². The summed E-state index contributed by atoms with van der Waals surface area (Å²) < 4.78 is 6.68. The van der Waals surface area contributed by atoms with Crippen molar-refractivity contribution in [2.75, 3.05) is 0 Å². The number of nitrogens with zero attached hydrogens (tertiary/aromatic N) is 3. The standard InChI is InChI=1S/C45H27N3O/c1-2-12-30(13-3-1)39-27-40-36-24-23-33(26-41(36)49-42(40)37-19-9-8-18-35(37)39)44-46-43(32-22-21-28-11-4-5-15-31(28)25-32)47-45(48-44)38-20-10-16-29-14-6-7-17-34(29)38/h1-27H. The molecule has 0 bridgehead atoms. The van der Waals surface area contributed by atoms with E-state index in [4.69, 9.17) is 19.4 Å². The molecular formula is C45H27N3O. The van der Waals surface area contributed by atoms with Gasteiger partial charge < -0.3 is 4.42 Å². The van der Waals surface area contributed by atoms with Crippen molar-refractivity contribution < 1.29 is 4.42 Å². The third-order valence-corrected chi connectivity index (χ3v) is 9.50. The highest BCUT2D eigenvalue weighted by Gasteiger charge is 2.18. The van der Waals surface area contributed by atoms with Gasteiger partial charge in [-0.25, -0.2) is 15.0 Å². The molecule has 0 spiro atoms. The van der Waals surface area contributed by atoms with Crippen LogP contribution in [-0.4, -0.2) is 15.0 Å². The van der Waals surface area contributed by atoms with E-state index in [9.17, 15) is 0 Å². The Hall–Kier alpha value is -6.65. The van der Waals surface area contributed by atoms with Crippen LogP contribution in [-0.2, 0) is 0 Å². The van der Waals surface area contributed by atoms with E-state index in [0.717, 1.165) is 65.6 Å². The number of aromatic nitrogens is 3. The Morgan fingerprint density at radius 1 is 0.327 bits per heavy atom. The highest BCUT2D eigenvalue weighted by Crippen LogP contribution is 2.41. The van der Waals surface area contributed by atoms with Crippen LogP contribution in [0.25, 0.3) is 99.5 Å². The summed E-state index contributed by atoms with van der Waals surface area (Å²) in [6.07, 6.45) is 0. The maximum absolute atomic E-state index is 6.68. The highest BCUT2D eigenvalue weighted by molar-refractivity contribution is 6.19. The van der Waals surface area contributed by atoms with Crippen LogP contribution in [0.2, 0.25) is 0 Å². The van der Waals surface area contributed by atoms with Crippen molar-refractivity contribution in [1.29, 1.82) is 0 Å². The summed E-state index contributed by atoms with van der Waals surface area (Å²) >= 11 is 0. The molecule has 8 aromatic carbocycles. The molecule has 4 heteroatoms. The van der Waals surface area contributed by atoms with Crippen LogP contribution in [0, 0.1) is 0 Å². The van der Waals surface area contributed by atoms with E-state index < -0.39 is 0 Å². The van der Waals surface area contributed by atoms with Gasteiger partial charge in [-0.05, 0) is 62.3 Å². The van der Waals surface area contributed by atoms with Gasteiger partial charge in [0.2, 0.25) is 0 Å². The quantitative estimate of drug-likeness (QED) is 0.195. The van der Waals surface area contributed by atoms with Gasteiger partial charge >= 0.3 is 0 Å². The maximum Gasteiger partial charge on any atom is 0.164 e. The Bertz CT molecular complexity index is 2890. The first kappa shape index (κ1) is 27.5. The molecule has 0 atom stereocenters. The first-order valence-corrected chi connectivity index (χ1v) is 16.4. The van der Waals surface area contributed by atoms with Crippen molar-refractivity contribution in [2.24, 2.45) is 0 Å². The molecule has 0 saturated heterocycles.